The Labute approximate surface area is 129 Å². The zero-order chi connectivity index (χ0) is 15.5. The Morgan fingerprint density at radius 1 is 1.32 bits per heavy atom. The maximum Gasteiger partial charge on any atom is 0.245 e. The van der Waals surface area contributed by atoms with Crippen molar-refractivity contribution in [3.63, 3.8) is 0 Å². The second-order valence-corrected chi connectivity index (χ2v) is 5.49. The van der Waals surface area contributed by atoms with E-state index < -0.39 is 0 Å². The Morgan fingerprint density at radius 2 is 2.05 bits per heavy atom. The van der Waals surface area contributed by atoms with Crippen LogP contribution < -0.4 is 0 Å². The number of carbonyl (C=O) groups is 2. The maximum atomic E-state index is 12.8. The standard InChI is InChI=1S/C17H20N2O3/c1-2-15(17(21)18-7-9-22-10-8-18)19-11-13(12-20)14-5-3-4-6-16(14)19/h3-6,11-12,15H,2,7-10H2,1H3. The van der Waals surface area contributed by atoms with E-state index in [1.807, 2.05) is 40.7 Å². The van der Waals surface area contributed by atoms with E-state index in [9.17, 15) is 9.59 Å². The van der Waals surface area contributed by atoms with Gasteiger partial charge in [-0.05, 0) is 12.5 Å². The molecule has 22 heavy (non-hydrogen) atoms. The molecule has 0 spiro atoms. The van der Waals surface area contributed by atoms with Gasteiger partial charge in [-0.15, -0.1) is 0 Å². The van der Waals surface area contributed by atoms with Gasteiger partial charge in [0.1, 0.15) is 6.04 Å². The minimum absolute atomic E-state index is 0.101. The molecular weight excluding hydrogens is 280 g/mol. The Balaban J connectivity index is 1.99. The average molecular weight is 300 g/mol. The van der Waals surface area contributed by atoms with Crippen LogP contribution in [0.25, 0.3) is 10.9 Å². The van der Waals surface area contributed by atoms with Crippen LogP contribution in [-0.2, 0) is 9.53 Å². The largest absolute Gasteiger partial charge is 0.378 e. The molecule has 1 amide bonds. The van der Waals surface area contributed by atoms with Gasteiger partial charge in [-0.3, -0.25) is 9.59 Å². The molecule has 5 nitrogen and oxygen atoms in total. The number of aromatic nitrogens is 1. The number of rotatable bonds is 4. The van der Waals surface area contributed by atoms with Gasteiger partial charge < -0.3 is 14.2 Å². The Kier molecular flexibility index (Phi) is 4.24. The molecule has 1 saturated heterocycles. The molecular formula is C17H20N2O3. The molecule has 0 saturated carbocycles. The number of carbonyl (C=O) groups excluding carboxylic acids is 2. The molecule has 0 radical (unpaired) electrons. The number of fused-ring (bicyclic) bond motifs is 1. The number of hydrogen-bond acceptors (Lipinski definition) is 3. The van der Waals surface area contributed by atoms with Gasteiger partial charge in [0, 0.05) is 35.8 Å². The summed E-state index contributed by atoms with van der Waals surface area (Å²) in [4.78, 5) is 26.0. The number of para-hydroxylation sites is 1. The van der Waals surface area contributed by atoms with Gasteiger partial charge in [-0.25, -0.2) is 0 Å². The van der Waals surface area contributed by atoms with Crippen molar-refractivity contribution in [3.05, 3.63) is 36.0 Å². The van der Waals surface area contributed by atoms with Crippen molar-refractivity contribution in [2.24, 2.45) is 0 Å². The van der Waals surface area contributed by atoms with E-state index in [1.54, 1.807) is 6.20 Å². The number of amides is 1. The van der Waals surface area contributed by atoms with Gasteiger partial charge in [0.2, 0.25) is 5.91 Å². The molecule has 1 aromatic carbocycles. The highest BCUT2D eigenvalue weighted by Gasteiger charge is 2.27. The minimum Gasteiger partial charge on any atom is -0.378 e. The van der Waals surface area contributed by atoms with Crippen LogP contribution in [-0.4, -0.2) is 48.0 Å². The topological polar surface area (TPSA) is 51.5 Å². The van der Waals surface area contributed by atoms with Crippen LogP contribution in [0.4, 0.5) is 0 Å². The lowest BCUT2D eigenvalue weighted by atomic mass is 10.1. The molecule has 1 aromatic heterocycles. The van der Waals surface area contributed by atoms with E-state index in [2.05, 4.69) is 0 Å². The second-order valence-electron chi connectivity index (χ2n) is 5.49. The first-order chi connectivity index (χ1) is 10.8. The predicted octanol–water partition coefficient (Wildman–Crippen LogP) is 2.26. The van der Waals surface area contributed by atoms with Crippen LogP contribution in [0.15, 0.2) is 30.5 Å². The SMILES string of the molecule is CCC(C(=O)N1CCOCC1)n1cc(C=O)c2ccccc21. The smallest absolute Gasteiger partial charge is 0.245 e. The van der Waals surface area contributed by atoms with Crippen molar-refractivity contribution in [2.75, 3.05) is 26.3 Å². The summed E-state index contributed by atoms with van der Waals surface area (Å²) in [6.07, 6.45) is 3.34. The summed E-state index contributed by atoms with van der Waals surface area (Å²) < 4.78 is 7.26. The van der Waals surface area contributed by atoms with Crippen LogP contribution in [0.1, 0.15) is 29.7 Å². The molecule has 1 aliphatic rings. The molecule has 1 unspecified atom stereocenters. The molecule has 1 aliphatic heterocycles. The molecule has 5 heteroatoms. The lowest BCUT2D eigenvalue weighted by Crippen LogP contribution is -2.44. The summed E-state index contributed by atoms with van der Waals surface area (Å²) in [7, 11) is 0. The first kappa shape index (κ1) is 14.8. The molecule has 1 fully saturated rings. The van der Waals surface area contributed by atoms with Crippen molar-refractivity contribution in [2.45, 2.75) is 19.4 Å². The van der Waals surface area contributed by atoms with Crippen LogP contribution in [0, 0.1) is 0 Å². The first-order valence-electron chi connectivity index (χ1n) is 7.67. The zero-order valence-corrected chi connectivity index (χ0v) is 12.7. The molecule has 2 heterocycles. The number of nitrogens with zero attached hydrogens (tertiary/aromatic N) is 2. The number of aldehydes is 1. The van der Waals surface area contributed by atoms with E-state index in [-0.39, 0.29) is 11.9 Å². The van der Waals surface area contributed by atoms with Crippen LogP contribution in [0.2, 0.25) is 0 Å². The molecule has 1 atom stereocenters. The third-order valence-corrected chi connectivity index (χ3v) is 4.23. The highest BCUT2D eigenvalue weighted by atomic mass is 16.5. The Hall–Kier alpha value is -2.14. The molecule has 0 aliphatic carbocycles. The number of ether oxygens (including phenoxy) is 1. The quantitative estimate of drug-likeness (QED) is 0.814. The van der Waals surface area contributed by atoms with E-state index in [0.717, 1.165) is 17.2 Å². The molecule has 116 valence electrons. The predicted molar refractivity (Wildman–Crippen MR) is 84.1 cm³/mol. The monoisotopic (exact) mass is 300 g/mol. The van der Waals surface area contributed by atoms with Crippen molar-refractivity contribution in [1.29, 1.82) is 0 Å². The highest BCUT2D eigenvalue weighted by Crippen LogP contribution is 2.26. The summed E-state index contributed by atoms with van der Waals surface area (Å²) in [5.74, 6) is 0.101. The Bertz CT molecular complexity index is 686. The van der Waals surface area contributed by atoms with Crippen LogP contribution in [0.5, 0.6) is 0 Å². The van der Waals surface area contributed by atoms with Crippen molar-refractivity contribution >= 4 is 23.1 Å². The van der Waals surface area contributed by atoms with E-state index >= 15 is 0 Å². The molecule has 3 rings (SSSR count). The van der Waals surface area contributed by atoms with Gasteiger partial charge >= 0.3 is 0 Å². The minimum atomic E-state index is -0.281. The average Bonchev–Trinajstić information content (AvgIpc) is 2.95. The summed E-state index contributed by atoms with van der Waals surface area (Å²) in [6.45, 7) is 4.45. The van der Waals surface area contributed by atoms with Gasteiger partial charge in [-0.1, -0.05) is 25.1 Å². The third kappa shape index (κ3) is 2.52. The van der Waals surface area contributed by atoms with Gasteiger partial charge in [-0.2, -0.15) is 0 Å². The summed E-state index contributed by atoms with van der Waals surface area (Å²) in [5, 5.41) is 0.894. The van der Waals surface area contributed by atoms with Crippen LogP contribution in [0.3, 0.4) is 0 Å². The first-order valence-corrected chi connectivity index (χ1v) is 7.67. The summed E-state index contributed by atoms with van der Waals surface area (Å²) >= 11 is 0. The van der Waals surface area contributed by atoms with E-state index in [0.29, 0.717) is 38.3 Å². The molecule has 0 bridgehead atoms. The number of hydrogen-bond donors (Lipinski definition) is 0. The molecule has 2 aromatic rings. The third-order valence-electron chi connectivity index (χ3n) is 4.23. The number of benzene rings is 1. The van der Waals surface area contributed by atoms with Gasteiger partial charge in [0.25, 0.3) is 0 Å². The normalized spacial score (nSPS) is 16.7. The van der Waals surface area contributed by atoms with Crippen LogP contribution >= 0.6 is 0 Å². The zero-order valence-electron chi connectivity index (χ0n) is 12.7. The maximum absolute atomic E-state index is 12.8. The fourth-order valence-electron chi connectivity index (χ4n) is 3.07. The highest BCUT2D eigenvalue weighted by molar-refractivity contribution is 5.98. The lowest BCUT2D eigenvalue weighted by Gasteiger charge is -2.31. The van der Waals surface area contributed by atoms with Crippen molar-refractivity contribution in [3.8, 4) is 0 Å². The fraction of sp³-hybridized carbons (Fsp3) is 0.412. The van der Waals surface area contributed by atoms with E-state index in [4.69, 9.17) is 4.74 Å². The number of morpholine rings is 1. The Morgan fingerprint density at radius 3 is 2.73 bits per heavy atom. The van der Waals surface area contributed by atoms with Gasteiger partial charge in [0.05, 0.1) is 13.2 Å². The van der Waals surface area contributed by atoms with Crippen molar-refractivity contribution < 1.29 is 14.3 Å². The lowest BCUT2D eigenvalue weighted by molar-refractivity contribution is -0.138. The second kappa shape index (κ2) is 6.32. The summed E-state index contributed by atoms with van der Waals surface area (Å²) in [5.41, 5.74) is 1.56. The summed E-state index contributed by atoms with van der Waals surface area (Å²) in [6, 6.07) is 7.43. The molecule has 0 N–H and O–H groups in total. The van der Waals surface area contributed by atoms with Crippen molar-refractivity contribution in [1.82, 2.24) is 9.47 Å². The van der Waals surface area contributed by atoms with Gasteiger partial charge in [0.15, 0.2) is 6.29 Å². The van der Waals surface area contributed by atoms with E-state index in [1.165, 1.54) is 0 Å². The fourth-order valence-corrected chi connectivity index (χ4v) is 3.07.